The maximum absolute atomic E-state index is 11.9. The second-order valence-electron chi connectivity index (χ2n) is 5.05. The second kappa shape index (κ2) is 7.07. The maximum Gasteiger partial charge on any atom is 0.356 e. The summed E-state index contributed by atoms with van der Waals surface area (Å²) in [6, 6.07) is -0.163. The minimum absolute atomic E-state index is 0.00294. The number of amides is 2. The quantitative estimate of drug-likeness (QED) is 0.792. The molecule has 2 rings (SSSR count). The lowest BCUT2D eigenvalue weighted by molar-refractivity contribution is 0.0691. The third kappa shape index (κ3) is 4.45. The van der Waals surface area contributed by atoms with Gasteiger partial charge in [-0.25, -0.2) is 14.6 Å². The SMILES string of the molecule is CN(CC1CCCO1)C(=O)NCCn1cnc(C(=O)O)c1. The summed E-state index contributed by atoms with van der Waals surface area (Å²) in [6.07, 6.45) is 5.04. The number of carboxylic acids is 1. The third-order valence-corrected chi connectivity index (χ3v) is 3.35. The van der Waals surface area contributed by atoms with Crippen molar-refractivity contribution in [1.82, 2.24) is 19.8 Å². The van der Waals surface area contributed by atoms with Gasteiger partial charge >= 0.3 is 12.0 Å². The number of carbonyl (C=O) groups is 2. The maximum atomic E-state index is 11.9. The molecule has 2 amide bonds. The summed E-state index contributed by atoms with van der Waals surface area (Å²) in [7, 11) is 1.73. The topological polar surface area (TPSA) is 96.7 Å². The van der Waals surface area contributed by atoms with Gasteiger partial charge in [0.15, 0.2) is 5.69 Å². The smallest absolute Gasteiger partial charge is 0.356 e. The lowest BCUT2D eigenvalue weighted by atomic mass is 10.2. The lowest BCUT2D eigenvalue weighted by Crippen LogP contribution is -2.42. The highest BCUT2D eigenvalue weighted by atomic mass is 16.5. The van der Waals surface area contributed by atoms with Crippen LogP contribution in [0.1, 0.15) is 23.3 Å². The van der Waals surface area contributed by atoms with Gasteiger partial charge in [-0.1, -0.05) is 0 Å². The van der Waals surface area contributed by atoms with Crippen molar-refractivity contribution in [1.29, 1.82) is 0 Å². The van der Waals surface area contributed by atoms with Crippen LogP contribution < -0.4 is 5.32 Å². The van der Waals surface area contributed by atoms with Crippen LogP contribution in [0.3, 0.4) is 0 Å². The first kappa shape index (κ1) is 15.3. The molecule has 8 heteroatoms. The van der Waals surface area contributed by atoms with E-state index in [1.54, 1.807) is 16.5 Å². The van der Waals surface area contributed by atoms with Crippen molar-refractivity contribution < 1.29 is 19.4 Å². The van der Waals surface area contributed by atoms with Crippen LogP contribution in [0, 0.1) is 0 Å². The molecule has 1 saturated heterocycles. The summed E-state index contributed by atoms with van der Waals surface area (Å²) in [6.45, 7) is 2.23. The lowest BCUT2D eigenvalue weighted by Gasteiger charge is -2.21. The summed E-state index contributed by atoms with van der Waals surface area (Å²) in [4.78, 5) is 27.9. The summed E-state index contributed by atoms with van der Waals surface area (Å²) >= 11 is 0. The molecule has 21 heavy (non-hydrogen) atoms. The molecule has 116 valence electrons. The van der Waals surface area contributed by atoms with Crippen molar-refractivity contribution in [2.24, 2.45) is 0 Å². The normalized spacial score (nSPS) is 17.7. The summed E-state index contributed by atoms with van der Waals surface area (Å²) < 4.78 is 7.11. The highest BCUT2D eigenvalue weighted by Crippen LogP contribution is 2.12. The van der Waals surface area contributed by atoms with E-state index < -0.39 is 5.97 Å². The van der Waals surface area contributed by atoms with Crippen molar-refractivity contribution in [3.8, 4) is 0 Å². The summed E-state index contributed by atoms with van der Waals surface area (Å²) in [5, 5.41) is 11.5. The monoisotopic (exact) mass is 296 g/mol. The number of carbonyl (C=O) groups excluding carboxylic acids is 1. The first-order chi connectivity index (χ1) is 10.1. The minimum Gasteiger partial charge on any atom is -0.476 e. The highest BCUT2D eigenvalue weighted by Gasteiger charge is 2.19. The number of rotatable bonds is 6. The minimum atomic E-state index is -1.06. The Morgan fingerprint density at radius 1 is 1.62 bits per heavy atom. The van der Waals surface area contributed by atoms with Crippen LogP contribution in [0.25, 0.3) is 0 Å². The number of likely N-dealkylation sites (N-methyl/N-ethyl adjacent to an activating group) is 1. The molecule has 0 aliphatic carbocycles. The molecule has 1 atom stereocenters. The van der Waals surface area contributed by atoms with E-state index in [9.17, 15) is 9.59 Å². The Hall–Kier alpha value is -2.09. The van der Waals surface area contributed by atoms with E-state index in [0.29, 0.717) is 19.6 Å². The number of aromatic carboxylic acids is 1. The van der Waals surface area contributed by atoms with Gasteiger partial charge < -0.3 is 24.6 Å². The Kier molecular flexibility index (Phi) is 5.15. The van der Waals surface area contributed by atoms with E-state index in [-0.39, 0.29) is 17.8 Å². The van der Waals surface area contributed by atoms with Gasteiger partial charge in [0.05, 0.1) is 12.4 Å². The van der Waals surface area contributed by atoms with E-state index in [2.05, 4.69) is 10.3 Å². The van der Waals surface area contributed by atoms with Gasteiger partial charge in [0, 0.05) is 39.5 Å². The molecule has 1 aliphatic rings. The predicted octanol–water partition coefficient (Wildman–Crippen LogP) is 0.402. The standard InChI is InChI=1S/C13H20N4O4/c1-16(7-10-3-2-6-21-10)13(20)14-4-5-17-8-11(12(18)19)15-9-17/h8-10H,2-7H2,1H3,(H,14,20)(H,18,19). The zero-order valence-corrected chi connectivity index (χ0v) is 12.0. The van der Waals surface area contributed by atoms with Gasteiger partial charge in [0.2, 0.25) is 0 Å². The summed E-state index contributed by atoms with van der Waals surface area (Å²) in [5.41, 5.74) is -0.00294. The van der Waals surface area contributed by atoms with Crippen LogP contribution in [0.5, 0.6) is 0 Å². The van der Waals surface area contributed by atoms with Crippen molar-refractivity contribution in [2.75, 3.05) is 26.7 Å². The van der Waals surface area contributed by atoms with Crippen molar-refractivity contribution in [2.45, 2.75) is 25.5 Å². The largest absolute Gasteiger partial charge is 0.476 e. The molecule has 1 aliphatic heterocycles. The molecule has 0 radical (unpaired) electrons. The van der Waals surface area contributed by atoms with Gasteiger partial charge in [-0.15, -0.1) is 0 Å². The molecule has 0 bridgehead atoms. The van der Waals surface area contributed by atoms with Gasteiger partial charge in [0.25, 0.3) is 0 Å². The molecule has 0 spiro atoms. The Labute approximate surface area is 122 Å². The highest BCUT2D eigenvalue weighted by molar-refractivity contribution is 5.84. The van der Waals surface area contributed by atoms with Crippen LogP contribution in [0.4, 0.5) is 4.79 Å². The number of nitrogens with zero attached hydrogens (tertiary/aromatic N) is 3. The van der Waals surface area contributed by atoms with Crippen molar-refractivity contribution in [3.05, 3.63) is 18.2 Å². The molecule has 2 heterocycles. The van der Waals surface area contributed by atoms with Crippen LogP contribution in [0.2, 0.25) is 0 Å². The van der Waals surface area contributed by atoms with Crippen molar-refractivity contribution in [3.63, 3.8) is 0 Å². The first-order valence-electron chi connectivity index (χ1n) is 6.92. The first-order valence-corrected chi connectivity index (χ1v) is 6.92. The van der Waals surface area contributed by atoms with Gasteiger partial charge in [-0.2, -0.15) is 0 Å². The van der Waals surface area contributed by atoms with Crippen LogP contribution >= 0.6 is 0 Å². The van der Waals surface area contributed by atoms with E-state index in [1.165, 1.54) is 12.5 Å². The van der Waals surface area contributed by atoms with E-state index >= 15 is 0 Å². The fourth-order valence-electron chi connectivity index (χ4n) is 2.20. The number of imidazole rings is 1. The van der Waals surface area contributed by atoms with E-state index in [4.69, 9.17) is 9.84 Å². The molecule has 0 saturated carbocycles. The molecular weight excluding hydrogens is 276 g/mol. The molecule has 1 aromatic rings. The fourth-order valence-corrected chi connectivity index (χ4v) is 2.20. The third-order valence-electron chi connectivity index (χ3n) is 3.35. The Balaban J connectivity index is 1.69. The number of hydrogen-bond donors (Lipinski definition) is 2. The van der Waals surface area contributed by atoms with Gasteiger partial charge in [0.1, 0.15) is 0 Å². The number of aromatic nitrogens is 2. The molecule has 0 aromatic carbocycles. The average Bonchev–Trinajstić information content (AvgIpc) is 3.09. The molecule has 2 N–H and O–H groups in total. The molecule has 1 fully saturated rings. The number of hydrogen-bond acceptors (Lipinski definition) is 4. The summed E-state index contributed by atoms with van der Waals surface area (Å²) in [5.74, 6) is -1.06. The zero-order chi connectivity index (χ0) is 15.2. The van der Waals surface area contributed by atoms with E-state index in [0.717, 1.165) is 19.4 Å². The van der Waals surface area contributed by atoms with Gasteiger partial charge in [-0.3, -0.25) is 0 Å². The zero-order valence-electron chi connectivity index (χ0n) is 12.0. The number of carboxylic acid groups (broad SMARTS) is 1. The average molecular weight is 296 g/mol. The Morgan fingerprint density at radius 3 is 3.05 bits per heavy atom. The predicted molar refractivity (Wildman–Crippen MR) is 74.2 cm³/mol. The van der Waals surface area contributed by atoms with Crippen LogP contribution in [-0.2, 0) is 11.3 Å². The van der Waals surface area contributed by atoms with Crippen LogP contribution in [-0.4, -0.2) is 64.4 Å². The number of nitrogens with one attached hydrogen (secondary N) is 1. The molecular formula is C13H20N4O4. The van der Waals surface area contributed by atoms with Crippen LogP contribution in [0.15, 0.2) is 12.5 Å². The molecule has 8 nitrogen and oxygen atoms in total. The Morgan fingerprint density at radius 2 is 2.43 bits per heavy atom. The van der Waals surface area contributed by atoms with Crippen molar-refractivity contribution >= 4 is 12.0 Å². The molecule has 1 aromatic heterocycles. The number of urea groups is 1. The van der Waals surface area contributed by atoms with E-state index in [1.807, 2.05) is 0 Å². The van der Waals surface area contributed by atoms with Gasteiger partial charge in [-0.05, 0) is 12.8 Å². The fraction of sp³-hybridized carbons (Fsp3) is 0.615. The Bertz CT molecular complexity index is 496. The molecule has 1 unspecified atom stereocenters. The number of ether oxygens (including phenoxy) is 1. The second-order valence-corrected chi connectivity index (χ2v) is 5.05.